The third-order valence-corrected chi connectivity index (χ3v) is 8.08. The van der Waals surface area contributed by atoms with E-state index in [2.05, 4.69) is 25.2 Å². The van der Waals surface area contributed by atoms with Crippen LogP contribution in [0.2, 0.25) is 0 Å². The molecule has 0 aromatic heterocycles. The summed E-state index contributed by atoms with van der Waals surface area (Å²) in [5.41, 5.74) is 1.12. The maximum absolute atomic E-state index is 12.2. The highest BCUT2D eigenvalue weighted by molar-refractivity contribution is 5.90. The van der Waals surface area contributed by atoms with Crippen LogP contribution in [0.4, 0.5) is 0 Å². The molecule has 0 bridgehead atoms. The minimum absolute atomic E-state index is 0.0185. The van der Waals surface area contributed by atoms with Crippen LogP contribution in [0.1, 0.15) is 58.8 Å². The second-order valence-electron chi connectivity index (χ2n) is 8.88. The van der Waals surface area contributed by atoms with Crippen molar-refractivity contribution >= 4 is 11.9 Å². The number of methoxy groups -OCH3 is 1. The number of rotatable bonds is 1. The predicted molar refractivity (Wildman–Crippen MR) is 91.0 cm³/mol. The molecule has 1 N–H and O–H groups in total. The monoisotopic (exact) mass is 331 g/mol. The van der Waals surface area contributed by atoms with Gasteiger partial charge in [0.2, 0.25) is 5.91 Å². The number of piperidine rings is 1. The Morgan fingerprint density at radius 2 is 2.00 bits per heavy atom. The van der Waals surface area contributed by atoms with E-state index >= 15 is 0 Å². The van der Waals surface area contributed by atoms with Crippen molar-refractivity contribution in [1.29, 1.82) is 0 Å². The Balaban J connectivity index is 1.62. The number of amides is 1. The second-order valence-corrected chi connectivity index (χ2v) is 8.88. The Morgan fingerprint density at radius 1 is 1.21 bits per heavy atom. The van der Waals surface area contributed by atoms with E-state index < -0.39 is 0 Å². The minimum Gasteiger partial charge on any atom is -0.466 e. The lowest BCUT2D eigenvalue weighted by atomic mass is 9.47. The topological polar surface area (TPSA) is 55.4 Å². The van der Waals surface area contributed by atoms with Crippen LogP contribution in [0.3, 0.4) is 0 Å². The molecule has 0 radical (unpaired) electrons. The van der Waals surface area contributed by atoms with Crippen molar-refractivity contribution in [2.24, 2.45) is 28.6 Å². The molecule has 132 valence electrons. The molecule has 6 atom stereocenters. The third kappa shape index (κ3) is 2.04. The highest BCUT2D eigenvalue weighted by atomic mass is 16.5. The lowest BCUT2D eigenvalue weighted by Gasteiger charge is -2.59. The third-order valence-electron chi connectivity index (χ3n) is 8.08. The van der Waals surface area contributed by atoms with Crippen molar-refractivity contribution in [3.05, 3.63) is 11.6 Å². The maximum atomic E-state index is 12.2. The highest BCUT2D eigenvalue weighted by Gasteiger charge is 2.59. The normalized spacial score (nSPS) is 47.0. The van der Waals surface area contributed by atoms with Crippen molar-refractivity contribution in [3.63, 3.8) is 0 Å². The van der Waals surface area contributed by atoms with Gasteiger partial charge in [0, 0.05) is 23.5 Å². The molecule has 1 aliphatic heterocycles. The fraction of sp³-hybridized carbons (Fsp3) is 0.800. The molecular formula is C20H29NO3. The van der Waals surface area contributed by atoms with E-state index in [0.717, 1.165) is 37.7 Å². The first-order chi connectivity index (χ1) is 11.4. The van der Waals surface area contributed by atoms with E-state index in [1.165, 1.54) is 13.5 Å². The van der Waals surface area contributed by atoms with Crippen molar-refractivity contribution in [2.75, 3.05) is 7.11 Å². The van der Waals surface area contributed by atoms with Gasteiger partial charge >= 0.3 is 5.97 Å². The van der Waals surface area contributed by atoms with Gasteiger partial charge < -0.3 is 10.1 Å². The molecule has 4 heteroatoms. The van der Waals surface area contributed by atoms with Crippen molar-refractivity contribution in [3.8, 4) is 0 Å². The summed E-state index contributed by atoms with van der Waals surface area (Å²) in [6.45, 7) is 4.68. The maximum Gasteiger partial charge on any atom is 0.333 e. The number of esters is 1. The zero-order valence-electron chi connectivity index (χ0n) is 15.1. The van der Waals surface area contributed by atoms with Gasteiger partial charge in [0.1, 0.15) is 0 Å². The minimum atomic E-state index is -0.136. The van der Waals surface area contributed by atoms with Crippen LogP contribution in [0.15, 0.2) is 11.6 Å². The van der Waals surface area contributed by atoms with Gasteiger partial charge in [0.05, 0.1) is 7.11 Å². The van der Waals surface area contributed by atoms with Crippen LogP contribution in [0, 0.1) is 28.6 Å². The van der Waals surface area contributed by atoms with Crippen molar-refractivity contribution in [2.45, 2.75) is 64.8 Å². The summed E-state index contributed by atoms with van der Waals surface area (Å²) in [4.78, 5) is 24.1. The number of hydrogen-bond donors (Lipinski definition) is 1. The molecule has 0 unspecified atom stereocenters. The number of allylic oxidation sites excluding steroid dienone is 1. The number of hydrogen-bond acceptors (Lipinski definition) is 3. The standard InChI is InChI=1S/C20H29NO3/c1-19-10-8-14-12(13(19)5-6-15(19)18(23)24-3)4-7-16-20(14,2)11-9-17(22)21-16/h6,12-14,16H,4-5,7-11H2,1-3H3,(H,21,22)/t12-,13-,14-,16+,19-,20+/m0/s1. The summed E-state index contributed by atoms with van der Waals surface area (Å²) in [6.07, 6.45) is 9.34. The van der Waals surface area contributed by atoms with E-state index in [4.69, 9.17) is 4.74 Å². The molecule has 3 fully saturated rings. The first-order valence-corrected chi connectivity index (χ1v) is 9.48. The van der Waals surface area contributed by atoms with Gasteiger partial charge in [-0.3, -0.25) is 4.79 Å². The second kappa shape index (κ2) is 5.34. The van der Waals surface area contributed by atoms with Gasteiger partial charge in [-0.05, 0) is 61.7 Å². The predicted octanol–water partition coefficient (Wildman–Crippen LogP) is 3.22. The van der Waals surface area contributed by atoms with Gasteiger partial charge in [-0.2, -0.15) is 0 Å². The molecule has 1 saturated heterocycles. The Labute approximate surface area is 144 Å². The van der Waals surface area contributed by atoms with E-state index in [1.54, 1.807) is 0 Å². The molecule has 1 heterocycles. The lowest BCUT2D eigenvalue weighted by molar-refractivity contribution is -0.141. The fourth-order valence-electron chi connectivity index (χ4n) is 6.70. The summed E-state index contributed by atoms with van der Waals surface area (Å²) >= 11 is 0. The van der Waals surface area contributed by atoms with Crippen molar-refractivity contribution < 1.29 is 14.3 Å². The number of ether oxygens (including phenoxy) is 1. The first-order valence-electron chi connectivity index (χ1n) is 9.48. The molecule has 24 heavy (non-hydrogen) atoms. The van der Waals surface area contributed by atoms with Gasteiger partial charge in [-0.1, -0.05) is 19.9 Å². The number of carbonyl (C=O) groups excluding carboxylic acids is 2. The van der Waals surface area contributed by atoms with E-state index in [0.29, 0.717) is 30.2 Å². The zero-order valence-corrected chi connectivity index (χ0v) is 15.1. The molecule has 4 rings (SSSR count). The van der Waals surface area contributed by atoms with Gasteiger partial charge in [0.25, 0.3) is 0 Å². The summed E-state index contributed by atoms with van der Waals surface area (Å²) in [6, 6.07) is 0.346. The van der Waals surface area contributed by atoms with E-state index in [9.17, 15) is 9.59 Å². The molecule has 1 amide bonds. The average Bonchev–Trinajstić information content (AvgIpc) is 2.92. The molecule has 0 spiro atoms. The molecule has 0 aromatic rings. The zero-order chi connectivity index (χ0) is 17.1. The largest absolute Gasteiger partial charge is 0.466 e. The van der Waals surface area contributed by atoms with E-state index in [-0.39, 0.29) is 22.7 Å². The summed E-state index contributed by atoms with van der Waals surface area (Å²) in [5, 5.41) is 3.27. The molecule has 3 aliphatic carbocycles. The van der Waals surface area contributed by atoms with E-state index in [1.807, 2.05) is 0 Å². The van der Waals surface area contributed by atoms with Crippen LogP contribution in [-0.2, 0) is 14.3 Å². The number of fused-ring (bicyclic) bond motifs is 5. The smallest absolute Gasteiger partial charge is 0.333 e. The number of carbonyl (C=O) groups is 2. The fourth-order valence-corrected chi connectivity index (χ4v) is 6.70. The molecule has 4 aliphatic rings. The van der Waals surface area contributed by atoms with Crippen LogP contribution in [0.5, 0.6) is 0 Å². The van der Waals surface area contributed by atoms with Crippen LogP contribution in [0.25, 0.3) is 0 Å². The van der Waals surface area contributed by atoms with Crippen LogP contribution >= 0.6 is 0 Å². The van der Waals surface area contributed by atoms with Gasteiger partial charge in [-0.15, -0.1) is 0 Å². The Kier molecular flexibility index (Phi) is 3.59. The van der Waals surface area contributed by atoms with Gasteiger partial charge in [0.15, 0.2) is 0 Å². The van der Waals surface area contributed by atoms with Gasteiger partial charge in [-0.25, -0.2) is 4.79 Å². The number of nitrogens with one attached hydrogen (secondary N) is 1. The Hall–Kier alpha value is -1.32. The summed E-state index contributed by atoms with van der Waals surface area (Å²) in [7, 11) is 1.49. The molecular weight excluding hydrogens is 302 g/mol. The summed E-state index contributed by atoms with van der Waals surface area (Å²) < 4.78 is 5.05. The SMILES string of the molecule is COC(=O)C1=CC[C@H]2[C@@H]3CC[C@H]4NC(=O)CC[C@]4(C)[C@H]3CC[C@]12C. The van der Waals surface area contributed by atoms with Crippen LogP contribution < -0.4 is 5.32 Å². The Morgan fingerprint density at radius 3 is 2.75 bits per heavy atom. The quantitative estimate of drug-likeness (QED) is 0.751. The molecule has 4 nitrogen and oxygen atoms in total. The van der Waals surface area contributed by atoms with Crippen LogP contribution in [-0.4, -0.2) is 25.0 Å². The first kappa shape index (κ1) is 16.2. The molecule has 2 saturated carbocycles. The highest BCUT2D eigenvalue weighted by Crippen LogP contribution is 2.64. The molecule has 0 aromatic carbocycles. The summed E-state index contributed by atoms with van der Waals surface area (Å²) in [5.74, 6) is 1.98. The van der Waals surface area contributed by atoms with Crippen molar-refractivity contribution in [1.82, 2.24) is 5.32 Å². The Bertz CT molecular complexity index is 612. The average molecular weight is 331 g/mol. The lowest BCUT2D eigenvalue weighted by Crippen LogP contribution is -2.61.